The summed E-state index contributed by atoms with van der Waals surface area (Å²) in [7, 11) is -1.91. The van der Waals surface area contributed by atoms with E-state index in [1.807, 2.05) is 12.1 Å². The van der Waals surface area contributed by atoms with Crippen LogP contribution in [0.1, 0.15) is 25.0 Å². The van der Waals surface area contributed by atoms with Crippen LogP contribution in [0.25, 0.3) is 0 Å². The van der Waals surface area contributed by atoms with Gasteiger partial charge in [-0.15, -0.1) is 0 Å². The van der Waals surface area contributed by atoms with Crippen molar-refractivity contribution in [3.05, 3.63) is 29.3 Å². The van der Waals surface area contributed by atoms with Gasteiger partial charge in [0.1, 0.15) is 11.5 Å². The molecule has 128 valence electrons. The topological polar surface area (TPSA) is 70.1 Å². The molecule has 0 saturated carbocycles. The summed E-state index contributed by atoms with van der Waals surface area (Å²) in [6, 6.07) is 5.36. The maximum Gasteiger partial charge on any atom is 0.269 e. The van der Waals surface area contributed by atoms with Crippen molar-refractivity contribution >= 4 is 10.1 Å². The fourth-order valence-electron chi connectivity index (χ4n) is 3.47. The molecular formula is C16H24N2O4S. The number of benzene rings is 1. The van der Waals surface area contributed by atoms with Gasteiger partial charge in [-0.1, -0.05) is 26.0 Å². The standard InChI is InChI=1S/C16H24N2O4S/c1-16(2)13-10-12(11-23(19,20)21)4-5-14(13)22-15(16)18-8-6-17(3)7-9-18/h4-5,10,15H,6-9,11H2,1-3H3,(H,19,20,21). The second-order valence-corrected chi connectivity index (χ2v) is 8.54. The fourth-order valence-corrected chi connectivity index (χ4v) is 4.07. The smallest absolute Gasteiger partial charge is 0.269 e. The van der Waals surface area contributed by atoms with Crippen LogP contribution in [0.2, 0.25) is 0 Å². The molecule has 0 amide bonds. The summed E-state index contributed by atoms with van der Waals surface area (Å²) in [5.41, 5.74) is 1.35. The van der Waals surface area contributed by atoms with Crippen LogP contribution in [-0.2, 0) is 21.3 Å². The van der Waals surface area contributed by atoms with Crippen LogP contribution in [0.3, 0.4) is 0 Å². The third-order valence-electron chi connectivity index (χ3n) is 4.81. The van der Waals surface area contributed by atoms with E-state index < -0.39 is 10.1 Å². The Kier molecular flexibility index (Phi) is 4.16. The highest BCUT2D eigenvalue weighted by molar-refractivity contribution is 7.85. The molecule has 0 radical (unpaired) electrons. The van der Waals surface area contributed by atoms with Gasteiger partial charge in [0.05, 0.1) is 0 Å². The summed E-state index contributed by atoms with van der Waals surface area (Å²) in [4.78, 5) is 4.65. The predicted molar refractivity (Wildman–Crippen MR) is 88.2 cm³/mol. The summed E-state index contributed by atoms with van der Waals surface area (Å²) in [6.07, 6.45) is -0.0489. The van der Waals surface area contributed by atoms with Crippen molar-refractivity contribution in [3.8, 4) is 5.75 Å². The van der Waals surface area contributed by atoms with E-state index in [1.54, 1.807) is 6.07 Å². The van der Waals surface area contributed by atoms with Gasteiger partial charge < -0.3 is 9.64 Å². The summed E-state index contributed by atoms with van der Waals surface area (Å²) in [5, 5.41) is 0. The number of piperazine rings is 1. The normalized spacial score (nSPS) is 25.1. The van der Waals surface area contributed by atoms with E-state index in [-0.39, 0.29) is 17.4 Å². The highest BCUT2D eigenvalue weighted by Gasteiger charge is 2.45. The van der Waals surface area contributed by atoms with E-state index in [2.05, 4.69) is 30.7 Å². The molecular weight excluding hydrogens is 316 g/mol. The van der Waals surface area contributed by atoms with Gasteiger partial charge in [-0.3, -0.25) is 9.45 Å². The number of rotatable bonds is 3. The lowest BCUT2D eigenvalue weighted by Gasteiger charge is -2.40. The Labute approximate surface area is 137 Å². The Balaban J connectivity index is 1.86. The number of hydrogen-bond acceptors (Lipinski definition) is 5. The Morgan fingerprint density at radius 3 is 2.52 bits per heavy atom. The van der Waals surface area contributed by atoms with E-state index in [0.717, 1.165) is 37.5 Å². The van der Waals surface area contributed by atoms with Gasteiger partial charge in [-0.05, 0) is 18.7 Å². The van der Waals surface area contributed by atoms with E-state index in [9.17, 15) is 8.42 Å². The number of likely N-dealkylation sites (N-methyl/N-ethyl adjacent to an activating group) is 1. The van der Waals surface area contributed by atoms with Gasteiger partial charge in [-0.2, -0.15) is 8.42 Å². The lowest BCUT2D eigenvalue weighted by molar-refractivity contribution is -0.0257. The van der Waals surface area contributed by atoms with E-state index >= 15 is 0 Å². The third-order valence-corrected chi connectivity index (χ3v) is 5.51. The average Bonchev–Trinajstić information content (AvgIpc) is 2.70. The van der Waals surface area contributed by atoms with Gasteiger partial charge in [0, 0.05) is 37.2 Å². The molecule has 1 N–H and O–H groups in total. The monoisotopic (exact) mass is 340 g/mol. The number of hydrogen-bond donors (Lipinski definition) is 1. The first-order chi connectivity index (χ1) is 10.7. The lowest BCUT2D eigenvalue weighted by Crippen LogP contribution is -2.55. The number of ether oxygens (including phenoxy) is 1. The van der Waals surface area contributed by atoms with Gasteiger partial charge in [0.15, 0.2) is 6.23 Å². The molecule has 3 rings (SSSR count). The van der Waals surface area contributed by atoms with Crippen LogP contribution in [0.5, 0.6) is 5.75 Å². The highest BCUT2D eigenvalue weighted by atomic mass is 32.2. The zero-order chi connectivity index (χ0) is 16.8. The Morgan fingerprint density at radius 1 is 1.26 bits per heavy atom. The van der Waals surface area contributed by atoms with Gasteiger partial charge in [0.2, 0.25) is 0 Å². The maximum absolute atomic E-state index is 11.1. The highest BCUT2D eigenvalue weighted by Crippen LogP contribution is 2.44. The Bertz CT molecular complexity index is 694. The van der Waals surface area contributed by atoms with Crippen LogP contribution in [0, 0.1) is 0 Å². The van der Waals surface area contributed by atoms with Crippen LogP contribution >= 0.6 is 0 Å². The summed E-state index contributed by atoms with van der Waals surface area (Å²) < 4.78 is 37.5. The van der Waals surface area contributed by atoms with Crippen LogP contribution in [0.4, 0.5) is 0 Å². The lowest BCUT2D eigenvalue weighted by atomic mass is 9.83. The van der Waals surface area contributed by atoms with Gasteiger partial charge in [0.25, 0.3) is 10.1 Å². The minimum atomic E-state index is -4.03. The van der Waals surface area contributed by atoms with E-state index in [1.165, 1.54) is 0 Å². The molecule has 2 aliphatic heterocycles. The molecule has 23 heavy (non-hydrogen) atoms. The van der Waals surface area contributed by atoms with E-state index in [4.69, 9.17) is 9.29 Å². The van der Waals surface area contributed by atoms with Crippen molar-refractivity contribution in [3.63, 3.8) is 0 Å². The maximum atomic E-state index is 11.1. The van der Waals surface area contributed by atoms with Crippen LogP contribution in [-0.4, -0.2) is 62.2 Å². The summed E-state index contributed by atoms with van der Waals surface area (Å²) >= 11 is 0. The molecule has 1 fully saturated rings. The quantitative estimate of drug-likeness (QED) is 0.837. The minimum absolute atomic E-state index is 0.0489. The molecule has 0 bridgehead atoms. The minimum Gasteiger partial charge on any atom is -0.474 e. The van der Waals surface area contributed by atoms with Crippen molar-refractivity contribution in [1.29, 1.82) is 0 Å². The molecule has 0 aliphatic carbocycles. The third kappa shape index (κ3) is 3.38. The largest absolute Gasteiger partial charge is 0.474 e. The molecule has 1 unspecified atom stereocenters. The second kappa shape index (κ2) is 5.73. The first-order valence-corrected chi connectivity index (χ1v) is 9.45. The average molecular weight is 340 g/mol. The van der Waals surface area contributed by atoms with Crippen molar-refractivity contribution in [2.45, 2.75) is 31.2 Å². The molecule has 2 aliphatic rings. The molecule has 1 aromatic carbocycles. The van der Waals surface area contributed by atoms with Crippen molar-refractivity contribution in [1.82, 2.24) is 9.80 Å². The van der Waals surface area contributed by atoms with Crippen LogP contribution < -0.4 is 4.74 Å². The van der Waals surface area contributed by atoms with Crippen molar-refractivity contribution in [2.75, 3.05) is 33.2 Å². The van der Waals surface area contributed by atoms with Gasteiger partial charge in [-0.25, -0.2) is 0 Å². The molecule has 7 heteroatoms. The van der Waals surface area contributed by atoms with Gasteiger partial charge >= 0.3 is 0 Å². The number of nitrogens with zero attached hydrogens (tertiary/aromatic N) is 2. The predicted octanol–water partition coefficient (Wildman–Crippen LogP) is 1.32. The molecule has 0 spiro atoms. The fraction of sp³-hybridized carbons (Fsp3) is 0.625. The SMILES string of the molecule is CN1CCN(C2Oc3ccc(CS(=O)(=O)O)cc3C2(C)C)CC1. The zero-order valence-electron chi connectivity index (χ0n) is 13.8. The second-order valence-electron chi connectivity index (χ2n) is 7.09. The molecule has 6 nitrogen and oxygen atoms in total. The molecule has 1 atom stereocenters. The summed E-state index contributed by atoms with van der Waals surface area (Å²) in [6.45, 7) is 8.19. The first-order valence-electron chi connectivity index (χ1n) is 7.84. The van der Waals surface area contributed by atoms with Crippen LogP contribution in [0.15, 0.2) is 18.2 Å². The molecule has 0 aromatic heterocycles. The molecule has 1 saturated heterocycles. The molecule has 1 aromatic rings. The number of fused-ring (bicyclic) bond motifs is 1. The first kappa shape index (κ1) is 16.7. The summed E-state index contributed by atoms with van der Waals surface area (Å²) in [5.74, 6) is 0.438. The Hall–Kier alpha value is -1.15. The van der Waals surface area contributed by atoms with Crippen molar-refractivity contribution < 1.29 is 17.7 Å². The van der Waals surface area contributed by atoms with Crippen molar-refractivity contribution in [2.24, 2.45) is 0 Å². The zero-order valence-corrected chi connectivity index (χ0v) is 14.6. The molecule has 2 heterocycles. The Morgan fingerprint density at radius 2 is 1.91 bits per heavy atom. The van der Waals surface area contributed by atoms with E-state index in [0.29, 0.717) is 5.56 Å².